The molecule has 1 aromatic carbocycles. The quantitative estimate of drug-likeness (QED) is 0.748. The minimum Gasteiger partial charge on any atom is -0.369 e. The molecule has 0 heterocycles. The zero-order valence-corrected chi connectivity index (χ0v) is 10.2. The van der Waals surface area contributed by atoms with Gasteiger partial charge in [0.15, 0.2) is 0 Å². The highest BCUT2D eigenvalue weighted by molar-refractivity contribution is 5.76. The van der Waals surface area contributed by atoms with Crippen molar-refractivity contribution in [3.63, 3.8) is 0 Å². The van der Waals surface area contributed by atoms with Crippen LogP contribution in [0.4, 0.5) is 10.1 Å². The van der Waals surface area contributed by atoms with Crippen LogP contribution in [0.1, 0.15) is 42.5 Å². The van der Waals surface area contributed by atoms with Crippen molar-refractivity contribution < 1.29 is 9.18 Å². The van der Waals surface area contributed by atoms with Gasteiger partial charge in [-0.15, -0.1) is 0 Å². The average Bonchev–Trinajstić information content (AvgIpc) is 2.39. The first-order chi connectivity index (χ1) is 8.22. The minimum atomic E-state index is -0.303. The lowest BCUT2D eigenvalue weighted by molar-refractivity contribution is 0.112. The summed E-state index contributed by atoms with van der Waals surface area (Å²) in [6, 6.07) is 5.11. The van der Waals surface area contributed by atoms with E-state index in [-0.39, 0.29) is 5.82 Å². The fraction of sp³-hybridized carbons (Fsp3) is 0.500. The van der Waals surface area contributed by atoms with Crippen molar-refractivity contribution in [2.45, 2.75) is 38.1 Å². The van der Waals surface area contributed by atoms with Crippen molar-refractivity contribution in [1.29, 1.82) is 0 Å². The molecular formula is C14H18FNO. The smallest absolute Gasteiger partial charge is 0.150 e. The van der Waals surface area contributed by atoms with Crippen LogP contribution in [0, 0.1) is 5.82 Å². The number of aldehydes is 1. The molecule has 0 saturated heterocycles. The highest BCUT2D eigenvalue weighted by Gasteiger charge is 2.20. The lowest BCUT2D eigenvalue weighted by atomic mass is 9.94. The summed E-state index contributed by atoms with van der Waals surface area (Å²) in [7, 11) is 1.94. The summed E-state index contributed by atoms with van der Waals surface area (Å²) < 4.78 is 13.8. The molecule has 0 bridgehead atoms. The van der Waals surface area contributed by atoms with Gasteiger partial charge in [-0.3, -0.25) is 4.79 Å². The molecule has 3 heteroatoms. The van der Waals surface area contributed by atoms with Crippen LogP contribution in [0.15, 0.2) is 18.2 Å². The van der Waals surface area contributed by atoms with Gasteiger partial charge in [0.1, 0.15) is 12.1 Å². The zero-order valence-electron chi connectivity index (χ0n) is 10.2. The summed E-state index contributed by atoms with van der Waals surface area (Å²) in [5, 5.41) is 0. The first-order valence-corrected chi connectivity index (χ1v) is 6.20. The first kappa shape index (κ1) is 12.1. The number of carbonyl (C=O) groups is 1. The molecule has 17 heavy (non-hydrogen) atoms. The van der Waals surface area contributed by atoms with Gasteiger partial charge in [0.05, 0.1) is 5.69 Å². The van der Waals surface area contributed by atoms with E-state index in [1.165, 1.54) is 25.3 Å². The molecule has 0 aromatic heterocycles. The van der Waals surface area contributed by atoms with E-state index in [0.29, 0.717) is 23.6 Å². The molecule has 2 nitrogen and oxygen atoms in total. The van der Waals surface area contributed by atoms with Crippen LogP contribution in [0.5, 0.6) is 0 Å². The lowest BCUT2D eigenvalue weighted by Crippen LogP contribution is -2.33. The number of nitrogens with zero attached hydrogens (tertiary/aromatic N) is 1. The van der Waals surface area contributed by atoms with E-state index in [0.717, 1.165) is 12.8 Å². The molecule has 0 radical (unpaired) electrons. The number of hydrogen-bond acceptors (Lipinski definition) is 2. The SMILES string of the molecule is CN(c1ccc(C=O)cc1F)C1CCCCC1. The number of rotatable bonds is 3. The molecule has 1 aliphatic carbocycles. The predicted molar refractivity (Wildman–Crippen MR) is 67.1 cm³/mol. The van der Waals surface area contributed by atoms with Gasteiger partial charge in [-0.25, -0.2) is 4.39 Å². The zero-order chi connectivity index (χ0) is 12.3. The van der Waals surface area contributed by atoms with E-state index in [1.54, 1.807) is 12.1 Å². The second-order valence-electron chi connectivity index (χ2n) is 4.73. The van der Waals surface area contributed by atoms with Crippen molar-refractivity contribution in [1.82, 2.24) is 0 Å². The minimum absolute atomic E-state index is 0.303. The second kappa shape index (κ2) is 5.30. The van der Waals surface area contributed by atoms with Crippen molar-refractivity contribution in [2.24, 2.45) is 0 Å². The van der Waals surface area contributed by atoms with Gasteiger partial charge in [-0.2, -0.15) is 0 Å². The molecule has 1 fully saturated rings. The van der Waals surface area contributed by atoms with Crippen LogP contribution in [-0.4, -0.2) is 19.4 Å². The van der Waals surface area contributed by atoms with Crippen LogP contribution in [0.2, 0.25) is 0 Å². The molecule has 1 aromatic rings. The molecule has 0 aliphatic heterocycles. The Morgan fingerprint density at radius 1 is 1.29 bits per heavy atom. The molecule has 0 amide bonds. The number of benzene rings is 1. The fourth-order valence-corrected chi connectivity index (χ4v) is 2.55. The van der Waals surface area contributed by atoms with Crippen LogP contribution >= 0.6 is 0 Å². The van der Waals surface area contributed by atoms with Crippen LogP contribution in [0.3, 0.4) is 0 Å². The summed E-state index contributed by atoms with van der Waals surface area (Å²) in [6.07, 6.45) is 6.67. The molecule has 92 valence electrons. The molecular weight excluding hydrogens is 217 g/mol. The monoisotopic (exact) mass is 235 g/mol. The topological polar surface area (TPSA) is 20.3 Å². The third-order valence-electron chi connectivity index (χ3n) is 3.61. The van der Waals surface area contributed by atoms with Gasteiger partial charge in [0, 0.05) is 18.7 Å². The third-order valence-corrected chi connectivity index (χ3v) is 3.61. The molecule has 1 saturated carbocycles. The van der Waals surface area contributed by atoms with Gasteiger partial charge in [0.2, 0.25) is 0 Å². The molecule has 0 atom stereocenters. The Kier molecular flexibility index (Phi) is 3.77. The average molecular weight is 235 g/mol. The highest BCUT2D eigenvalue weighted by Crippen LogP contribution is 2.28. The summed E-state index contributed by atoms with van der Waals surface area (Å²) in [5.74, 6) is -0.303. The van der Waals surface area contributed by atoms with Gasteiger partial charge >= 0.3 is 0 Å². The fourth-order valence-electron chi connectivity index (χ4n) is 2.55. The normalized spacial score (nSPS) is 16.8. The highest BCUT2D eigenvalue weighted by atomic mass is 19.1. The maximum Gasteiger partial charge on any atom is 0.150 e. The Labute approximate surface area is 101 Å². The van der Waals surface area contributed by atoms with E-state index < -0.39 is 0 Å². The molecule has 0 unspecified atom stereocenters. The Balaban J connectivity index is 2.17. The second-order valence-corrected chi connectivity index (χ2v) is 4.73. The Morgan fingerprint density at radius 2 is 2.00 bits per heavy atom. The van der Waals surface area contributed by atoms with Crippen LogP contribution in [0.25, 0.3) is 0 Å². The summed E-state index contributed by atoms with van der Waals surface area (Å²) in [4.78, 5) is 12.6. The summed E-state index contributed by atoms with van der Waals surface area (Å²) in [5.41, 5.74) is 0.991. The Bertz CT molecular complexity index is 399. The maximum atomic E-state index is 13.8. The van der Waals surface area contributed by atoms with E-state index in [4.69, 9.17) is 0 Å². The molecule has 0 N–H and O–H groups in total. The first-order valence-electron chi connectivity index (χ1n) is 6.20. The standard InChI is InChI=1S/C14H18FNO/c1-16(12-5-3-2-4-6-12)14-8-7-11(10-17)9-13(14)15/h7-10,12H,2-6H2,1H3. The van der Waals surface area contributed by atoms with Crippen molar-refractivity contribution in [3.05, 3.63) is 29.6 Å². The Hall–Kier alpha value is -1.38. The Morgan fingerprint density at radius 3 is 2.59 bits per heavy atom. The lowest BCUT2D eigenvalue weighted by Gasteiger charge is -2.33. The van der Waals surface area contributed by atoms with E-state index in [9.17, 15) is 9.18 Å². The third kappa shape index (κ3) is 2.65. The predicted octanol–water partition coefficient (Wildman–Crippen LogP) is 3.41. The van der Waals surface area contributed by atoms with Crippen LogP contribution in [-0.2, 0) is 0 Å². The number of anilines is 1. The van der Waals surface area contributed by atoms with E-state index >= 15 is 0 Å². The van der Waals surface area contributed by atoms with Gasteiger partial charge < -0.3 is 4.90 Å². The summed E-state index contributed by atoms with van der Waals surface area (Å²) in [6.45, 7) is 0. The van der Waals surface area contributed by atoms with Crippen molar-refractivity contribution in [2.75, 3.05) is 11.9 Å². The number of halogens is 1. The van der Waals surface area contributed by atoms with Gasteiger partial charge in [0.25, 0.3) is 0 Å². The largest absolute Gasteiger partial charge is 0.369 e. The van der Waals surface area contributed by atoms with Crippen LogP contribution < -0.4 is 4.90 Å². The summed E-state index contributed by atoms with van der Waals surface area (Å²) >= 11 is 0. The van der Waals surface area contributed by atoms with E-state index in [1.807, 2.05) is 11.9 Å². The number of hydrogen-bond donors (Lipinski definition) is 0. The molecule has 0 spiro atoms. The maximum absolute atomic E-state index is 13.8. The molecule has 2 rings (SSSR count). The van der Waals surface area contributed by atoms with Crippen molar-refractivity contribution in [3.8, 4) is 0 Å². The van der Waals surface area contributed by atoms with Crippen molar-refractivity contribution >= 4 is 12.0 Å². The number of carbonyl (C=O) groups excluding carboxylic acids is 1. The van der Waals surface area contributed by atoms with Gasteiger partial charge in [-0.1, -0.05) is 19.3 Å². The van der Waals surface area contributed by atoms with Gasteiger partial charge in [-0.05, 0) is 31.0 Å². The van der Waals surface area contributed by atoms with E-state index in [2.05, 4.69) is 0 Å². The molecule has 1 aliphatic rings.